The average molecular weight is 265 g/mol. The van der Waals surface area contributed by atoms with Crippen LogP contribution in [0.15, 0.2) is 23.0 Å². The van der Waals surface area contributed by atoms with Gasteiger partial charge in [0.15, 0.2) is 5.78 Å². The lowest BCUT2D eigenvalue weighted by molar-refractivity contribution is 0.0289. The van der Waals surface area contributed by atoms with E-state index in [4.69, 9.17) is 9.15 Å². The molecule has 2 heterocycles. The smallest absolute Gasteiger partial charge is 0.410 e. The third kappa shape index (κ3) is 3.36. The van der Waals surface area contributed by atoms with Crippen molar-refractivity contribution in [2.24, 2.45) is 5.92 Å². The Balaban J connectivity index is 1.93. The fraction of sp³-hybridized carbons (Fsp3) is 0.571. The Morgan fingerprint density at radius 2 is 2.16 bits per heavy atom. The highest BCUT2D eigenvalue weighted by molar-refractivity contribution is 5.98. The predicted molar refractivity (Wildman–Crippen MR) is 69.0 cm³/mol. The Morgan fingerprint density at radius 3 is 2.74 bits per heavy atom. The van der Waals surface area contributed by atoms with E-state index >= 15 is 0 Å². The van der Waals surface area contributed by atoms with E-state index in [1.165, 1.54) is 12.5 Å². The molecule has 1 atom stereocenters. The lowest BCUT2D eigenvalue weighted by Gasteiger charge is -2.24. The minimum atomic E-state index is -0.510. The summed E-state index contributed by atoms with van der Waals surface area (Å²) in [4.78, 5) is 25.6. The number of furan rings is 1. The molecule has 1 fully saturated rings. The molecule has 0 bridgehead atoms. The molecule has 1 amide bonds. The van der Waals surface area contributed by atoms with Crippen LogP contribution in [0, 0.1) is 5.92 Å². The Labute approximate surface area is 112 Å². The second kappa shape index (κ2) is 5.07. The number of carbonyl (C=O) groups is 2. The van der Waals surface area contributed by atoms with Gasteiger partial charge in [-0.2, -0.15) is 0 Å². The van der Waals surface area contributed by atoms with Gasteiger partial charge in [0, 0.05) is 19.0 Å². The highest BCUT2D eigenvalue weighted by Gasteiger charge is 2.33. The molecule has 1 aromatic heterocycles. The van der Waals surface area contributed by atoms with Crippen LogP contribution in [0.5, 0.6) is 0 Å². The zero-order valence-electron chi connectivity index (χ0n) is 11.5. The van der Waals surface area contributed by atoms with E-state index in [9.17, 15) is 9.59 Å². The normalized spacial score (nSPS) is 19.5. The number of nitrogens with zero attached hydrogens (tertiary/aromatic N) is 1. The number of ketones is 1. The maximum absolute atomic E-state index is 12.1. The average Bonchev–Trinajstić information content (AvgIpc) is 2.98. The fourth-order valence-electron chi connectivity index (χ4n) is 2.11. The van der Waals surface area contributed by atoms with E-state index < -0.39 is 5.60 Å². The van der Waals surface area contributed by atoms with Crippen molar-refractivity contribution in [3.05, 3.63) is 24.2 Å². The lowest BCUT2D eigenvalue weighted by Crippen LogP contribution is -2.35. The van der Waals surface area contributed by atoms with Gasteiger partial charge in [0.25, 0.3) is 0 Å². The largest absolute Gasteiger partial charge is 0.472 e. The molecular formula is C14H19NO4. The van der Waals surface area contributed by atoms with E-state index in [2.05, 4.69) is 0 Å². The predicted octanol–water partition coefficient (Wildman–Crippen LogP) is 2.72. The summed E-state index contributed by atoms with van der Waals surface area (Å²) in [5.74, 6) is -0.134. The van der Waals surface area contributed by atoms with Crippen molar-refractivity contribution < 1.29 is 18.7 Å². The molecule has 104 valence electrons. The summed E-state index contributed by atoms with van der Waals surface area (Å²) in [6.07, 6.45) is 3.24. The van der Waals surface area contributed by atoms with Crippen molar-refractivity contribution in [2.75, 3.05) is 13.1 Å². The van der Waals surface area contributed by atoms with Gasteiger partial charge >= 0.3 is 6.09 Å². The number of amides is 1. The molecule has 0 N–H and O–H groups in total. The van der Waals surface area contributed by atoms with E-state index in [1.807, 2.05) is 20.8 Å². The van der Waals surface area contributed by atoms with E-state index in [0.29, 0.717) is 25.1 Å². The molecule has 2 rings (SSSR count). The molecule has 5 nitrogen and oxygen atoms in total. The molecule has 1 aliphatic rings. The van der Waals surface area contributed by atoms with Crippen molar-refractivity contribution in [3.8, 4) is 0 Å². The topological polar surface area (TPSA) is 59.8 Å². The molecule has 0 saturated carbocycles. The Kier molecular flexibility index (Phi) is 3.64. The van der Waals surface area contributed by atoms with Gasteiger partial charge in [-0.15, -0.1) is 0 Å². The molecule has 1 unspecified atom stereocenters. The Hall–Kier alpha value is -1.78. The summed E-state index contributed by atoms with van der Waals surface area (Å²) < 4.78 is 10.2. The first-order chi connectivity index (χ1) is 8.87. The number of hydrogen-bond acceptors (Lipinski definition) is 4. The number of rotatable bonds is 2. The zero-order valence-corrected chi connectivity index (χ0v) is 11.5. The van der Waals surface area contributed by atoms with Crippen LogP contribution >= 0.6 is 0 Å². The SMILES string of the molecule is CC(C)(C)OC(=O)N1CCC(C(=O)c2ccoc2)C1. The third-order valence-electron chi connectivity index (χ3n) is 3.02. The summed E-state index contributed by atoms with van der Waals surface area (Å²) >= 11 is 0. The molecule has 5 heteroatoms. The van der Waals surface area contributed by atoms with Crippen molar-refractivity contribution in [1.82, 2.24) is 4.90 Å². The summed E-state index contributed by atoms with van der Waals surface area (Å²) in [5, 5.41) is 0. The molecule has 1 aliphatic heterocycles. The van der Waals surface area contributed by atoms with E-state index in [0.717, 1.165) is 0 Å². The minimum absolute atomic E-state index is 0.0276. The third-order valence-corrected chi connectivity index (χ3v) is 3.02. The van der Waals surface area contributed by atoms with Crippen LogP contribution in [0.1, 0.15) is 37.6 Å². The standard InChI is InChI=1S/C14H19NO4/c1-14(2,3)19-13(17)15-6-4-10(8-15)12(16)11-5-7-18-9-11/h5,7,9-10H,4,6,8H2,1-3H3. The van der Waals surface area contributed by atoms with Crippen molar-refractivity contribution in [1.29, 1.82) is 0 Å². The van der Waals surface area contributed by atoms with Gasteiger partial charge in [-0.05, 0) is 33.3 Å². The highest BCUT2D eigenvalue weighted by Crippen LogP contribution is 2.23. The Morgan fingerprint density at radius 1 is 1.42 bits per heavy atom. The number of Topliss-reactive ketones (excluding diaryl/α,β-unsaturated/α-hetero) is 1. The van der Waals surface area contributed by atoms with Crippen LogP contribution in [0.2, 0.25) is 0 Å². The lowest BCUT2D eigenvalue weighted by atomic mass is 9.99. The van der Waals surface area contributed by atoms with Gasteiger partial charge in [-0.25, -0.2) is 4.79 Å². The number of hydrogen-bond donors (Lipinski definition) is 0. The van der Waals surface area contributed by atoms with Gasteiger partial charge in [-0.3, -0.25) is 4.79 Å². The summed E-state index contributed by atoms with van der Waals surface area (Å²) in [7, 11) is 0. The fourth-order valence-corrected chi connectivity index (χ4v) is 2.11. The highest BCUT2D eigenvalue weighted by atomic mass is 16.6. The first-order valence-corrected chi connectivity index (χ1v) is 6.41. The van der Waals surface area contributed by atoms with Crippen LogP contribution in [0.3, 0.4) is 0 Å². The Bertz CT molecular complexity index is 458. The van der Waals surface area contributed by atoms with Crippen molar-refractivity contribution in [3.63, 3.8) is 0 Å². The quantitative estimate of drug-likeness (QED) is 0.771. The van der Waals surface area contributed by atoms with E-state index in [-0.39, 0.29) is 17.8 Å². The number of carbonyl (C=O) groups excluding carboxylic acids is 2. The molecule has 1 saturated heterocycles. The first-order valence-electron chi connectivity index (χ1n) is 6.41. The van der Waals surface area contributed by atoms with Gasteiger partial charge in [-0.1, -0.05) is 0 Å². The maximum atomic E-state index is 12.1. The van der Waals surface area contributed by atoms with Gasteiger partial charge in [0.1, 0.15) is 11.9 Å². The van der Waals surface area contributed by atoms with Crippen LogP contribution in [-0.4, -0.2) is 35.5 Å². The van der Waals surface area contributed by atoms with Crippen LogP contribution in [-0.2, 0) is 4.74 Å². The molecule has 0 aromatic carbocycles. The van der Waals surface area contributed by atoms with Crippen molar-refractivity contribution >= 4 is 11.9 Å². The van der Waals surface area contributed by atoms with Gasteiger partial charge < -0.3 is 14.1 Å². The molecular weight excluding hydrogens is 246 g/mol. The number of likely N-dealkylation sites (tertiary alicyclic amines) is 1. The minimum Gasteiger partial charge on any atom is -0.472 e. The molecule has 19 heavy (non-hydrogen) atoms. The molecule has 0 aliphatic carbocycles. The summed E-state index contributed by atoms with van der Waals surface area (Å²) in [6, 6.07) is 1.65. The molecule has 0 spiro atoms. The second-order valence-corrected chi connectivity index (χ2v) is 5.79. The number of ether oxygens (including phenoxy) is 1. The van der Waals surface area contributed by atoms with Crippen LogP contribution in [0.25, 0.3) is 0 Å². The summed E-state index contributed by atoms with van der Waals surface area (Å²) in [6.45, 7) is 6.46. The zero-order chi connectivity index (χ0) is 14.0. The van der Waals surface area contributed by atoms with E-state index in [1.54, 1.807) is 11.0 Å². The second-order valence-electron chi connectivity index (χ2n) is 5.79. The van der Waals surface area contributed by atoms with Crippen LogP contribution < -0.4 is 0 Å². The molecule has 1 aromatic rings. The van der Waals surface area contributed by atoms with Gasteiger partial charge in [0.05, 0.1) is 11.8 Å². The monoisotopic (exact) mass is 265 g/mol. The van der Waals surface area contributed by atoms with Crippen molar-refractivity contribution in [2.45, 2.75) is 32.8 Å². The maximum Gasteiger partial charge on any atom is 0.410 e. The summed E-state index contributed by atoms with van der Waals surface area (Å²) in [5.41, 5.74) is 0.0556. The molecule has 0 radical (unpaired) electrons. The first kappa shape index (κ1) is 13.6. The van der Waals surface area contributed by atoms with Crippen LogP contribution in [0.4, 0.5) is 4.79 Å². The van der Waals surface area contributed by atoms with Gasteiger partial charge in [0.2, 0.25) is 0 Å².